The van der Waals surface area contributed by atoms with Gasteiger partial charge in [-0.05, 0) is 12.8 Å². The second-order valence-corrected chi connectivity index (χ2v) is 4.95. The van der Waals surface area contributed by atoms with Crippen LogP contribution in [-0.2, 0) is 0 Å². The summed E-state index contributed by atoms with van der Waals surface area (Å²) in [4.78, 5) is 19.7. The van der Waals surface area contributed by atoms with Gasteiger partial charge in [0.15, 0.2) is 5.75 Å². The van der Waals surface area contributed by atoms with Gasteiger partial charge in [-0.3, -0.25) is 9.78 Å². The van der Waals surface area contributed by atoms with E-state index < -0.39 is 0 Å². The minimum atomic E-state index is -0.0816. The summed E-state index contributed by atoms with van der Waals surface area (Å²) in [5.41, 5.74) is 1.37. The van der Waals surface area contributed by atoms with Gasteiger partial charge in [0.25, 0.3) is 5.91 Å². The Kier molecular flexibility index (Phi) is 3.41. The van der Waals surface area contributed by atoms with Crippen LogP contribution in [0.2, 0.25) is 0 Å². The molecule has 0 aliphatic heterocycles. The van der Waals surface area contributed by atoms with Gasteiger partial charge in [-0.1, -0.05) is 0 Å². The first-order valence-electron chi connectivity index (χ1n) is 6.04. The summed E-state index contributed by atoms with van der Waals surface area (Å²) < 4.78 is 5.89. The molecule has 1 aliphatic carbocycles. The fraction of sp³-hybridized carbons (Fsp3) is 0.538. The molecule has 1 heterocycles. The molecule has 1 fully saturated rings. The van der Waals surface area contributed by atoms with Crippen molar-refractivity contribution in [1.29, 1.82) is 0 Å². The first kappa shape index (κ1) is 12.7. The molecule has 0 bridgehead atoms. The number of rotatable bonds is 4. The average molecular weight is 249 g/mol. The van der Waals surface area contributed by atoms with Crippen LogP contribution in [0.25, 0.3) is 0 Å². The number of amides is 1. The van der Waals surface area contributed by atoms with Crippen LogP contribution < -0.4 is 9.64 Å². The van der Waals surface area contributed by atoms with Crippen molar-refractivity contribution in [2.45, 2.75) is 18.9 Å². The number of anilines is 1. The van der Waals surface area contributed by atoms with E-state index in [1.165, 1.54) is 4.90 Å². The SMILES string of the molecule is CN(C)C(=O)c1cncc(N(C)C)c1OC1CC1. The number of pyridine rings is 1. The number of ether oxygens (including phenoxy) is 1. The van der Waals surface area contributed by atoms with E-state index in [1.54, 1.807) is 26.5 Å². The van der Waals surface area contributed by atoms with Gasteiger partial charge in [0.1, 0.15) is 5.56 Å². The van der Waals surface area contributed by atoms with E-state index >= 15 is 0 Å². The maximum Gasteiger partial charge on any atom is 0.258 e. The maximum atomic E-state index is 12.1. The highest BCUT2D eigenvalue weighted by atomic mass is 16.5. The lowest BCUT2D eigenvalue weighted by Crippen LogP contribution is -2.24. The zero-order valence-electron chi connectivity index (χ0n) is 11.3. The van der Waals surface area contributed by atoms with Crippen LogP contribution in [0.5, 0.6) is 5.75 Å². The Labute approximate surface area is 107 Å². The zero-order valence-corrected chi connectivity index (χ0v) is 11.3. The van der Waals surface area contributed by atoms with Gasteiger partial charge in [0, 0.05) is 34.4 Å². The van der Waals surface area contributed by atoms with Gasteiger partial charge in [-0.2, -0.15) is 0 Å². The molecule has 98 valence electrons. The third-order valence-corrected chi connectivity index (χ3v) is 2.81. The molecule has 1 saturated carbocycles. The van der Waals surface area contributed by atoms with Gasteiger partial charge >= 0.3 is 0 Å². The Morgan fingerprint density at radius 3 is 2.44 bits per heavy atom. The molecule has 0 N–H and O–H groups in total. The summed E-state index contributed by atoms with van der Waals surface area (Å²) in [6.07, 6.45) is 5.67. The van der Waals surface area contributed by atoms with E-state index in [-0.39, 0.29) is 12.0 Å². The van der Waals surface area contributed by atoms with Crippen LogP contribution in [0.3, 0.4) is 0 Å². The summed E-state index contributed by atoms with van der Waals surface area (Å²) in [6.45, 7) is 0. The number of carbonyl (C=O) groups is 1. The third kappa shape index (κ3) is 2.55. The first-order chi connectivity index (χ1) is 8.50. The molecule has 0 unspecified atom stereocenters. The molecule has 1 aromatic rings. The second-order valence-electron chi connectivity index (χ2n) is 4.95. The molecule has 1 aromatic heterocycles. The monoisotopic (exact) mass is 249 g/mol. The predicted octanol–water partition coefficient (Wildman–Crippen LogP) is 1.39. The van der Waals surface area contributed by atoms with E-state index in [4.69, 9.17) is 4.74 Å². The topological polar surface area (TPSA) is 45.7 Å². The van der Waals surface area contributed by atoms with Crippen molar-refractivity contribution >= 4 is 11.6 Å². The minimum Gasteiger partial charge on any atom is -0.487 e. The molecule has 0 atom stereocenters. The molecule has 1 aliphatic rings. The highest BCUT2D eigenvalue weighted by Gasteiger charge is 2.28. The van der Waals surface area contributed by atoms with Crippen molar-refractivity contribution in [3.63, 3.8) is 0 Å². The van der Waals surface area contributed by atoms with E-state index in [0.717, 1.165) is 18.5 Å². The van der Waals surface area contributed by atoms with Crippen LogP contribution in [0.1, 0.15) is 23.2 Å². The summed E-state index contributed by atoms with van der Waals surface area (Å²) in [5, 5.41) is 0. The maximum absolute atomic E-state index is 12.1. The molecule has 0 radical (unpaired) electrons. The van der Waals surface area contributed by atoms with Crippen LogP contribution in [0.4, 0.5) is 5.69 Å². The van der Waals surface area contributed by atoms with Crippen molar-refractivity contribution < 1.29 is 9.53 Å². The number of carbonyl (C=O) groups excluding carboxylic acids is 1. The fourth-order valence-corrected chi connectivity index (χ4v) is 1.63. The predicted molar refractivity (Wildman–Crippen MR) is 70.2 cm³/mol. The van der Waals surface area contributed by atoms with E-state index in [0.29, 0.717) is 11.3 Å². The van der Waals surface area contributed by atoms with E-state index in [2.05, 4.69) is 4.98 Å². The van der Waals surface area contributed by atoms with Gasteiger partial charge in [0.05, 0.1) is 18.0 Å². The number of hydrogen-bond donors (Lipinski definition) is 0. The fourth-order valence-electron chi connectivity index (χ4n) is 1.63. The molecule has 0 aromatic carbocycles. The normalized spacial score (nSPS) is 14.2. The smallest absolute Gasteiger partial charge is 0.258 e. The Hall–Kier alpha value is -1.78. The summed E-state index contributed by atoms with van der Waals surface area (Å²) in [7, 11) is 7.29. The molecule has 5 heteroatoms. The molecule has 18 heavy (non-hydrogen) atoms. The Morgan fingerprint density at radius 1 is 1.28 bits per heavy atom. The molecule has 5 nitrogen and oxygen atoms in total. The molecular formula is C13H19N3O2. The highest BCUT2D eigenvalue weighted by Crippen LogP contribution is 2.36. The van der Waals surface area contributed by atoms with Gasteiger partial charge in [-0.15, -0.1) is 0 Å². The zero-order chi connectivity index (χ0) is 13.3. The largest absolute Gasteiger partial charge is 0.487 e. The number of aromatic nitrogens is 1. The standard InChI is InChI=1S/C13H19N3O2/c1-15(2)11-8-14-7-10(13(17)16(3)4)12(11)18-9-5-6-9/h7-9H,5-6H2,1-4H3. The van der Waals surface area contributed by atoms with Crippen LogP contribution in [0.15, 0.2) is 12.4 Å². The Morgan fingerprint density at radius 2 is 1.94 bits per heavy atom. The Balaban J connectivity index is 2.42. The lowest BCUT2D eigenvalue weighted by atomic mass is 10.2. The molecular weight excluding hydrogens is 230 g/mol. The van der Waals surface area contributed by atoms with Crippen molar-refractivity contribution in [3.05, 3.63) is 18.0 Å². The van der Waals surface area contributed by atoms with Gasteiger partial charge < -0.3 is 14.5 Å². The lowest BCUT2D eigenvalue weighted by Gasteiger charge is -2.21. The molecule has 1 amide bonds. The minimum absolute atomic E-state index is 0.0816. The highest BCUT2D eigenvalue weighted by molar-refractivity contribution is 5.98. The number of hydrogen-bond acceptors (Lipinski definition) is 4. The summed E-state index contributed by atoms with van der Waals surface area (Å²) >= 11 is 0. The van der Waals surface area contributed by atoms with Crippen molar-refractivity contribution in [2.24, 2.45) is 0 Å². The van der Waals surface area contributed by atoms with Crippen LogP contribution in [0, 0.1) is 0 Å². The van der Waals surface area contributed by atoms with E-state index in [9.17, 15) is 4.79 Å². The average Bonchev–Trinajstić information content (AvgIpc) is 3.11. The van der Waals surface area contributed by atoms with E-state index in [1.807, 2.05) is 19.0 Å². The van der Waals surface area contributed by atoms with Gasteiger partial charge in [0.2, 0.25) is 0 Å². The molecule has 0 spiro atoms. The first-order valence-corrected chi connectivity index (χ1v) is 6.04. The quantitative estimate of drug-likeness (QED) is 0.809. The van der Waals surface area contributed by atoms with Crippen molar-refractivity contribution in [2.75, 3.05) is 33.1 Å². The van der Waals surface area contributed by atoms with Crippen LogP contribution in [-0.4, -0.2) is 50.1 Å². The van der Waals surface area contributed by atoms with Gasteiger partial charge in [-0.25, -0.2) is 0 Å². The van der Waals surface area contributed by atoms with Crippen molar-refractivity contribution in [3.8, 4) is 5.75 Å². The second kappa shape index (κ2) is 4.84. The van der Waals surface area contributed by atoms with Crippen LogP contribution >= 0.6 is 0 Å². The summed E-state index contributed by atoms with van der Waals surface area (Å²) in [6, 6.07) is 0. The van der Waals surface area contributed by atoms with Crippen molar-refractivity contribution in [1.82, 2.24) is 9.88 Å². The molecule has 0 saturated heterocycles. The number of nitrogens with zero attached hydrogens (tertiary/aromatic N) is 3. The lowest BCUT2D eigenvalue weighted by molar-refractivity contribution is 0.0822. The Bertz CT molecular complexity index is 454. The molecule has 2 rings (SSSR count). The summed E-state index contributed by atoms with van der Waals surface area (Å²) in [5.74, 6) is 0.568. The third-order valence-electron chi connectivity index (χ3n) is 2.81.